The average Bonchev–Trinajstić information content (AvgIpc) is 3.04. The van der Waals surface area contributed by atoms with Crippen LogP contribution in [0, 0.1) is 0 Å². The fourth-order valence-electron chi connectivity index (χ4n) is 2.26. The summed E-state index contributed by atoms with van der Waals surface area (Å²) in [5.74, 6) is -0.909. The van der Waals surface area contributed by atoms with E-state index < -0.39 is 35.8 Å². The number of benzene rings is 1. The van der Waals surface area contributed by atoms with E-state index in [1.165, 1.54) is 23.9 Å². The van der Waals surface area contributed by atoms with Crippen molar-refractivity contribution in [3.63, 3.8) is 0 Å². The van der Waals surface area contributed by atoms with Gasteiger partial charge in [-0.15, -0.1) is 18.3 Å². The molecule has 2 amide bonds. The van der Waals surface area contributed by atoms with Crippen LogP contribution in [0.25, 0.3) is 5.69 Å². The highest BCUT2D eigenvalue weighted by atomic mass is 79.9. The first-order chi connectivity index (χ1) is 14.2. The van der Waals surface area contributed by atoms with Gasteiger partial charge in [-0.25, -0.2) is 9.48 Å². The van der Waals surface area contributed by atoms with Crippen LogP contribution >= 0.6 is 15.9 Å². The number of hydrogen-bond acceptors (Lipinski definition) is 6. The number of alkyl halides is 3. The van der Waals surface area contributed by atoms with Crippen molar-refractivity contribution < 1.29 is 32.2 Å². The first kappa shape index (κ1) is 24.4. The van der Waals surface area contributed by atoms with E-state index in [-0.39, 0.29) is 12.2 Å². The predicted octanol–water partition coefficient (Wildman–Crippen LogP) is 3.46. The van der Waals surface area contributed by atoms with E-state index in [2.05, 4.69) is 41.6 Å². The standard InChI is InChI=1S/C18H21BrF3N5O4/c1-10(24-16(29)31-17(2,3)4)15(28)23-8-12-9-27(26-25-12)13-5-11(19)6-14(7-13)30-18(20,21)22/h5-7,9-10H,8H2,1-4H3,(H,23,28)(H,24,29)/t10-/m0/s1. The van der Waals surface area contributed by atoms with Crippen LogP contribution in [0.1, 0.15) is 33.4 Å². The summed E-state index contributed by atoms with van der Waals surface area (Å²) in [6.45, 7) is 6.57. The number of alkyl carbamates (subject to hydrolysis) is 1. The van der Waals surface area contributed by atoms with Crippen molar-refractivity contribution in [2.24, 2.45) is 0 Å². The lowest BCUT2D eigenvalue weighted by atomic mass is 10.2. The summed E-state index contributed by atoms with van der Waals surface area (Å²) in [6, 6.07) is 2.96. The number of aromatic nitrogens is 3. The second kappa shape index (κ2) is 9.54. The highest BCUT2D eigenvalue weighted by molar-refractivity contribution is 9.10. The molecule has 0 aliphatic carbocycles. The Balaban J connectivity index is 1.98. The minimum atomic E-state index is -4.83. The molecular weight excluding hydrogens is 487 g/mol. The Morgan fingerprint density at radius 2 is 1.90 bits per heavy atom. The van der Waals surface area contributed by atoms with Gasteiger partial charge in [-0.3, -0.25) is 4.79 Å². The van der Waals surface area contributed by atoms with Gasteiger partial charge in [0, 0.05) is 10.5 Å². The average molecular weight is 508 g/mol. The molecule has 0 saturated carbocycles. The number of hydrogen-bond donors (Lipinski definition) is 2. The Morgan fingerprint density at radius 1 is 1.23 bits per heavy atom. The van der Waals surface area contributed by atoms with Gasteiger partial charge in [-0.2, -0.15) is 0 Å². The maximum atomic E-state index is 12.5. The van der Waals surface area contributed by atoms with Crippen LogP contribution in [0.2, 0.25) is 0 Å². The van der Waals surface area contributed by atoms with Crippen molar-refractivity contribution in [2.45, 2.75) is 52.2 Å². The number of ether oxygens (including phenoxy) is 2. The summed E-state index contributed by atoms with van der Waals surface area (Å²) in [6.07, 6.45) is -4.13. The summed E-state index contributed by atoms with van der Waals surface area (Å²) >= 11 is 3.12. The molecule has 9 nitrogen and oxygen atoms in total. The molecule has 0 unspecified atom stereocenters. The highest BCUT2D eigenvalue weighted by Crippen LogP contribution is 2.28. The maximum Gasteiger partial charge on any atom is 0.573 e. The molecule has 13 heteroatoms. The summed E-state index contributed by atoms with van der Waals surface area (Å²) < 4.78 is 48.0. The number of carbonyl (C=O) groups excluding carboxylic acids is 2. The maximum absolute atomic E-state index is 12.5. The topological polar surface area (TPSA) is 107 Å². The SMILES string of the molecule is C[C@H](NC(=O)OC(C)(C)C)C(=O)NCc1cn(-c2cc(Br)cc(OC(F)(F)F)c2)nn1. The number of rotatable bonds is 6. The van der Waals surface area contributed by atoms with E-state index >= 15 is 0 Å². The lowest BCUT2D eigenvalue weighted by Gasteiger charge is -2.21. The number of halogens is 4. The van der Waals surface area contributed by atoms with Crippen molar-refractivity contribution in [3.05, 3.63) is 34.6 Å². The van der Waals surface area contributed by atoms with Gasteiger partial charge in [0.2, 0.25) is 5.91 Å². The molecule has 1 aromatic heterocycles. The number of nitrogens with one attached hydrogen (secondary N) is 2. The minimum Gasteiger partial charge on any atom is -0.444 e. The third-order valence-electron chi connectivity index (χ3n) is 3.47. The Hall–Kier alpha value is -2.83. The quantitative estimate of drug-likeness (QED) is 0.619. The van der Waals surface area contributed by atoms with Crippen molar-refractivity contribution >= 4 is 27.9 Å². The molecule has 0 spiro atoms. The van der Waals surface area contributed by atoms with Gasteiger partial charge in [0.05, 0.1) is 18.4 Å². The normalized spacial score (nSPS) is 12.8. The van der Waals surface area contributed by atoms with E-state index in [9.17, 15) is 22.8 Å². The predicted molar refractivity (Wildman–Crippen MR) is 106 cm³/mol. The van der Waals surface area contributed by atoms with Gasteiger partial charge >= 0.3 is 12.5 Å². The molecule has 1 heterocycles. The molecule has 1 aromatic carbocycles. The summed E-state index contributed by atoms with van der Waals surface area (Å²) in [7, 11) is 0. The van der Waals surface area contributed by atoms with Crippen LogP contribution in [0.5, 0.6) is 5.75 Å². The van der Waals surface area contributed by atoms with Crippen LogP contribution in [0.4, 0.5) is 18.0 Å². The molecule has 31 heavy (non-hydrogen) atoms. The van der Waals surface area contributed by atoms with Crippen LogP contribution in [0.15, 0.2) is 28.9 Å². The Bertz CT molecular complexity index is 943. The lowest BCUT2D eigenvalue weighted by Crippen LogP contribution is -2.46. The van der Waals surface area contributed by atoms with E-state index in [0.29, 0.717) is 10.2 Å². The van der Waals surface area contributed by atoms with E-state index in [0.717, 1.165) is 12.1 Å². The fourth-order valence-corrected chi connectivity index (χ4v) is 2.72. The molecule has 2 rings (SSSR count). The smallest absolute Gasteiger partial charge is 0.444 e. The largest absolute Gasteiger partial charge is 0.573 e. The summed E-state index contributed by atoms with van der Waals surface area (Å²) in [5.41, 5.74) is -0.0920. The monoisotopic (exact) mass is 507 g/mol. The van der Waals surface area contributed by atoms with Crippen molar-refractivity contribution in [1.29, 1.82) is 0 Å². The van der Waals surface area contributed by atoms with Crippen molar-refractivity contribution in [1.82, 2.24) is 25.6 Å². The molecule has 0 saturated heterocycles. The Morgan fingerprint density at radius 3 is 2.52 bits per heavy atom. The van der Waals surface area contributed by atoms with E-state index in [1.54, 1.807) is 20.8 Å². The van der Waals surface area contributed by atoms with Crippen LogP contribution < -0.4 is 15.4 Å². The minimum absolute atomic E-state index is 0.0148. The zero-order valence-corrected chi connectivity index (χ0v) is 18.7. The van der Waals surface area contributed by atoms with Gasteiger partial charge in [-0.05, 0) is 39.8 Å². The lowest BCUT2D eigenvalue weighted by molar-refractivity contribution is -0.274. The van der Waals surface area contributed by atoms with Crippen molar-refractivity contribution in [3.8, 4) is 11.4 Å². The second-order valence-electron chi connectivity index (χ2n) is 7.43. The van der Waals surface area contributed by atoms with Gasteiger partial charge in [-0.1, -0.05) is 21.1 Å². The van der Waals surface area contributed by atoms with E-state index in [4.69, 9.17) is 4.74 Å². The Kier molecular flexibility index (Phi) is 7.52. The zero-order chi connectivity index (χ0) is 23.4. The molecule has 0 aliphatic rings. The van der Waals surface area contributed by atoms with Crippen LogP contribution in [-0.2, 0) is 16.1 Å². The first-order valence-electron chi connectivity index (χ1n) is 8.97. The fraction of sp³-hybridized carbons (Fsp3) is 0.444. The van der Waals surface area contributed by atoms with Gasteiger partial charge in [0.1, 0.15) is 23.1 Å². The summed E-state index contributed by atoms with van der Waals surface area (Å²) in [5, 5.41) is 12.7. The number of carbonyl (C=O) groups is 2. The van der Waals surface area contributed by atoms with Crippen LogP contribution in [-0.4, -0.2) is 45.0 Å². The van der Waals surface area contributed by atoms with Crippen LogP contribution in [0.3, 0.4) is 0 Å². The molecule has 2 aromatic rings. The van der Waals surface area contributed by atoms with Gasteiger partial charge < -0.3 is 20.1 Å². The third-order valence-corrected chi connectivity index (χ3v) is 3.92. The molecule has 0 radical (unpaired) electrons. The highest BCUT2D eigenvalue weighted by Gasteiger charge is 2.31. The van der Waals surface area contributed by atoms with E-state index in [1.807, 2.05) is 0 Å². The molecule has 0 bridgehead atoms. The molecule has 0 fully saturated rings. The van der Waals surface area contributed by atoms with Gasteiger partial charge in [0.15, 0.2) is 0 Å². The summed E-state index contributed by atoms with van der Waals surface area (Å²) in [4.78, 5) is 23.9. The zero-order valence-electron chi connectivity index (χ0n) is 17.1. The Labute approximate surface area is 184 Å². The second-order valence-corrected chi connectivity index (χ2v) is 8.35. The van der Waals surface area contributed by atoms with Crippen molar-refractivity contribution in [2.75, 3.05) is 0 Å². The molecular formula is C18H21BrF3N5O4. The number of nitrogens with zero attached hydrogens (tertiary/aromatic N) is 3. The number of amides is 2. The molecule has 1 atom stereocenters. The molecule has 2 N–H and O–H groups in total. The molecule has 170 valence electrons. The molecule has 0 aliphatic heterocycles. The van der Waals surface area contributed by atoms with Gasteiger partial charge in [0.25, 0.3) is 0 Å². The first-order valence-corrected chi connectivity index (χ1v) is 9.76. The third kappa shape index (κ3) is 8.44.